The van der Waals surface area contributed by atoms with Crippen LogP contribution in [0.2, 0.25) is 0 Å². The van der Waals surface area contributed by atoms with Crippen LogP contribution in [0.25, 0.3) is 5.57 Å². The van der Waals surface area contributed by atoms with Crippen LogP contribution in [0, 0.1) is 38.0 Å². The van der Waals surface area contributed by atoms with Gasteiger partial charge < -0.3 is 4.74 Å². The van der Waals surface area contributed by atoms with Gasteiger partial charge in [0.2, 0.25) is 0 Å². The maximum absolute atomic E-state index is 11.1. The molecule has 0 radical (unpaired) electrons. The molecule has 3 heteroatoms. The van der Waals surface area contributed by atoms with Gasteiger partial charge in [0, 0.05) is 36.7 Å². The summed E-state index contributed by atoms with van der Waals surface area (Å²) in [6, 6.07) is 7.31. The van der Waals surface area contributed by atoms with Gasteiger partial charge >= 0.3 is 5.97 Å². The molecule has 0 saturated carbocycles. The first-order valence-corrected chi connectivity index (χ1v) is 3.85. The van der Waals surface area contributed by atoms with Crippen LogP contribution in [0.5, 0.6) is 0 Å². The van der Waals surface area contributed by atoms with E-state index in [4.69, 9.17) is 0 Å². The van der Waals surface area contributed by atoms with Gasteiger partial charge in [-0.2, -0.15) is 18.6 Å². The minimum absolute atomic E-state index is 0. The summed E-state index contributed by atoms with van der Waals surface area (Å²) in [6.45, 7) is 7.43. The summed E-state index contributed by atoms with van der Waals surface area (Å²) < 4.78 is 4.56. The normalized spacial score (nSPS) is 8.64. The van der Waals surface area contributed by atoms with Crippen molar-refractivity contribution in [3.8, 4) is 0 Å². The topological polar surface area (TPSA) is 26.3 Å². The molecule has 0 spiro atoms. The molecule has 1 aromatic carbocycles. The quantitative estimate of drug-likeness (QED) is 0.422. The molecule has 0 atom stereocenters. The first-order chi connectivity index (χ1) is 6.16. The monoisotopic (exact) mass is 413 g/mol. The third-order valence-corrected chi connectivity index (χ3v) is 1.77. The SMILES string of the molecule is C=C(C(=O)OC)c1ccccc1[CH2-].[U]. The van der Waals surface area contributed by atoms with E-state index in [-0.39, 0.29) is 31.1 Å². The smallest absolute Gasteiger partial charge is 0.325 e. The van der Waals surface area contributed by atoms with Crippen molar-refractivity contribution in [2.24, 2.45) is 0 Å². The fourth-order valence-corrected chi connectivity index (χ4v) is 1.05. The average molecular weight is 413 g/mol. The van der Waals surface area contributed by atoms with Gasteiger partial charge in [-0.1, -0.05) is 12.6 Å². The average Bonchev–Trinajstić information content (AvgIpc) is 2.16. The van der Waals surface area contributed by atoms with Crippen molar-refractivity contribution in [3.05, 3.63) is 48.9 Å². The predicted octanol–water partition coefficient (Wildman–Crippen LogP) is 2.05. The van der Waals surface area contributed by atoms with Gasteiger partial charge in [0.05, 0.1) is 7.11 Å². The zero-order chi connectivity index (χ0) is 9.84. The van der Waals surface area contributed by atoms with E-state index in [1.54, 1.807) is 6.07 Å². The fourth-order valence-electron chi connectivity index (χ4n) is 1.05. The third kappa shape index (κ3) is 2.94. The molecule has 1 aromatic rings. The van der Waals surface area contributed by atoms with Crippen molar-refractivity contribution in [1.29, 1.82) is 0 Å². The number of carbonyl (C=O) groups is 1. The van der Waals surface area contributed by atoms with E-state index in [2.05, 4.69) is 18.2 Å². The predicted molar refractivity (Wildman–Crippen MR) is 52.0 cm³/mol. The molecule has 0 heterocycles. The first-order valence-electron chi connectivity index (χ1n) is 3.85. The zero-order valence-electron chi connectivity index (χ0n) is 8.04. The van der Waals surface area contributed by atoms with Crippen LogP contribution in [-0.2, 0) is 9.53 Å². The van der Waals surface area contributed by atoms with Crippen LogP contribution in [0.15, 0.2) is 30.8 Å². The molecule has 1 rings (SSSR count). The molecule has 2 nitrogen and oxygen atoms in total. The minimum atomic E-state index is -0.420. The van der Waals surface area contributed by atoms with E-state index in [9.17, 15) is 4.79 Å². The van der Waals surface area contributed by atoms with Crippen LogP contribution in [0.4, 0.5) is 0 Å². The number of ether oxygens (including phenoxy) is 1. The van der Waals surface area contributed by atoms with Crippen molar-refractivity contribution in [3.63, 3.8) is 0 Å². The number of esters is 1. The Morgan fingerprint density at radius 2 is 2.00 bits per heavy atom. The molecule has 0 aliphatic rings. The van der Waals surface area contributed by atoms with Gasteiger partial charge in [-0.25, -0.2) is 4.79 Å². The molecule has 72 valence electrons. The number of rotatable bonds is 2. The molecule has 0 N–H and O–H groups in total. The first kappa shape index (κ1) is 13.4. The molecule has 0 saturated heterocycles. The number of hydrogen-bond donors (Lipinski definition) is 0. The van der Waals surface area contributed by atoms with Crippen molar-refractivity contribution in [2.75, 3.05) is 7.11 Å². The second-order valence-electron chi connectivity index (χ2n) is 2.63. The molecule has 0 unspecified atom stereocenters. The van der Waals surface area contributed by atoms with E-state index in [0.717, 1.165) is 11.1 Å². The van der Waals surface area contributed by atoms with Crippen molar-refractivity contribution in [2.45, 2.75) is 0 Å². The second-order valence-corrected chi connectivity index (χ2v) is 2.63. The van der Waals surface area contributed by atoms with Crippen molar-refractivity contribution >= 4 is 11.5 Å². The van der Waals surface area contributed by atoms with E-state index in [1.165, 1.54) is 7.11 Å². The Balaban J connectivity index is 0.00000169. The van der Waals surface area contributed by atoms with E-state index >= 15 is 0 Å². The van der Waals surface area contributed by atoms with E-state index < -0.39 is 5.97 Å². The summed E-state index contributed by atoms with van der Waals surface area (Å²) in [5, 5.41) is 0. The molecule has 0 fully saturated rings. The van der Waals surface area contributed by atoms with Crippen LogP contribution in [0.1, 0.15) is 11.1 Å². The van der Waals surface area contributed by atoms with Gasteiger partial charge in [-0.3, -0.25) is 0 Å². The second kappa shape index (κ2) is 5.95. The van der Waals surface area contributed by atoms with Crippen molar-refractivity contribution in [1.82, 2.24) is 0 Å². The third-order valence-electron chi connectivity index (χ3n) is 1.77. The summed E-state index contributed by atoms with van der Waals surface area (Å²) in [6.07, 6.45) is 0. The molecular formula is C11H11O2U-. The maximum Gasteiger partial charge on any atom is 0.325 e. The molecule has 14 heavy (non-hydrogen) atoms. The Bertz CT molecular complexity index is 345. The Kier molecular flexibility index (Phi) is 5.68. The summed E-state index contributed by atoms with van der Waals surface area (Å²) in [4.78, 5) is 11.1. The van der Waals surface area contributed by atoms with Gasteiger partial charge in [0.15, 0.2) is 0 Å². The van der Waals surface area contributed by atoms with Gasteiger partial charge in [-0.15, -0.1) is 17.7 Å². The molecule has 0 aromatic heterocycles. The zero-order valence-corrected chi connectivity index (χ0v) is 12.2. The molecule has 0 aliphatic carbocycles. The Labute approximate surface area is 108 Å². The van der Waals surface area contributed by atoms with Crippen LogP contribution in [0.3, 0.4) is 0 Å². The largest absolute Gasteiger partial charge is 0.466 e. The number of hydrogen-bond acceptors (Lipinski definition) is 2. The maximum atomic E-state index is 11.1. The Hall–Kier alpha value is -0.648. The molecule has 0 bridgehead atoms. The number of benzene rings is 1. The summed E-state index contributed by atoms with van der Waals surface area (Å²) in [7, 11) is 1.33. The number of methoxy groups -OCH3 is 1. The summed E-state index contributed by atoms with van der Waals surface area (Å²) in [5.41, 5.74) is 1.85. The standard InChI is InChI=1S/C11H11O2.U/c1-8-6-4-5-7-10(8)9(2)11(12)13-3;/h4-7H,1-2H2,3H3;/q-1;. The Morgan fingerprint density at radius 1 is 1.43 bits per heavy atom. The molecule has 0 amide bonds. The molecular weight excluding hydrogens is 402 g/mol. The molecule has 0 aliphatic heterocycles. The minimum Gasteiger partial charge on any atom is -0.466 e. The van der Waals surface area contributed by atoms with E-state index in [0.29, 0.717) is 5.57 Å². The summed E-state index contributed by atoms with van der Waals surface area (Å²) >= 11 is 0. The number of carbonyl (C=O) groups excluding carboxylic acids is 1. The summed E-state index contributed by atoms with van der Waals surface area (Å²) in [5.74, 6) is -0.420. The van der Waals surface area contributed by atoms with Crippen LogP contribution >= 0.6 is 0 Å². The van der Waals surface area contributed by atoms with Crippen LogP contribution in [-0.4, -0.2) is 13.1 Å². The van der Waals surface area contributed by atoms with Gasteiger partial charge in [0.25, 0.3) is 0 Å². The van der Waals surface area contributed by atoms with Gasteiger partial charge in [-0.05, 0) is 0 Å². The van der Waals surface area contributed by atoms with E-state index in [1.807, 2.05) is 18.2 Å². The van der Waals surface area contributed by atoms with Gasteiger partial charge in [0.1, 0.15) is 0 Å². The fraction of sp³-hybridized carbons (Fsp3) is 0.0909. The van der Waals surface area contributed by atoms with Crippen LogP contribution < -0.4 is 0 Å². The van der Waals surface area contributed by atoms with Crippen molar-refractivity contribution < 1.29 is 40.6 Å². The Morgan fingerprint density at radius 3 is 2.50 bits per heavy atom.